The summed E-state index contributed by atoms with van der Waals surface area (Å²) in [6, 6.07) is 8.94. The quantitative estimate of drug-likeness (QED) is 0.658. The summed E-state index contributed by atoms with van der Waals surface area (Å²) < 4.78 is 11.5. The van der Waals surface area contributed by atoms with Gasteiger partial charge in [-0.25, -0.2) is 9.86 Å². The third kappa shape index (κ3) is 5.10. The maximum atomic E-state index is 13.0. The van der Waals surface area contributed by atoms with Crippen LogP contribution >= 0.6 is 0 Å². The Balaban J connectivity index is 0.00000300. The number of benzene rings is 1. The van der Waals surface area contributed by atoms with E-state index in [1.807, 2.05) is 65.0 Å². The van der Waals surface area contributed by atoms with Gasteiger partial charge in [0.2, 0.25) is 0 Å². The molecule has 2 atom stereocenters. The van der Waals surface area contributed by atoms with Gasteiger partial charge in [-0.15, -0.1) is 0 Å². The first-order chi connectivity index (χ1) is 13.0. The average Bonchev–Trinajstić information content (AvgIpc) is 3.02. The first-order valence-corrected chi connectivity index (χ1v) is 9.52. The minimum Gasteiger partial charge on any atom is -0.545 e. The summed E-state index contributed by atoms with van der Waals surface area (Å²) in [5, 5.41) is 14.0. The molecule has 0 aliphatic carbocycles. The van der Waals surface area contributed by atoms with Crippen molar-refractivity contribution in [2.24, 2.45) is 0 Å². The average molecular weight is 396 g/mol. The number of rotatable bonds is 3. The zero-order valence-electron chi connectivity index (χ0n) is 18.4. The molecular formula is C21H29LiN2O5. The van der Waals surface area contributed by atoms with E-state index in [2.05, 4.69) is 0 Å². The fourth-order valence-electron chi connectivity index (χ4n) is 3.68. The number of nitrogens with zero attached hydrogens (tertiary/aromatic N) is 2. The van der Waals surface area contributed by atoms with E-state index in [1.54, 1.807) is 16.9 Å². The molecule has 0 bridgehead atoms. The Morgan fingerprint density at radius 2 is 1.90 bits per heavy atom. The Morgan fingerprint density at radius 3 is 2.48 bits per heavy atom. The van der Waals surface area contributed by atoms with Gasteiger partial charge in [-0.3, -0.25) is 4.90 Å². The van der Waals surface area contributed by atoms with Crippen molar-refractivity contribution in [2.45, 2.75) is 71.5 Å². The fourth-order valence-corrected chi connectivity index (χ4v) is 3.68. The van der Waals surface area contributed by atoms with Crippen LogP contribution in [0.3, 0.4) is 0 Å². The zero-order valence-corrected chi connectivity index (χ0v) is 18.4. The van der Waals surface area contributed by atoms with Crippen molar-refractivity contribution in [1.82, 2.24) is 9.96 Å². The van der Waals surface area contributed by atoms with Gasteiger partial charge < -0.3 is 19.4 Å². The molecule has 2 aliphatic heterocycles. The number of hydrogen-bond acceptors (Lipinski definition) is 6. The molecule has 0 radical (unpaired) electrons. The Morgan fingerprint density at radius 1 is 1.28 bits per heavy atom. The minimum atomic E-state index is -0.850. The molecule has 3 rings (SSSR count). The normalized spacial score (nSPS) is 24.3. The van der Waals surface area contributed by atoms with Crippen LogP contribution in [-0.4, -0.2) is 46.1 Å². The summed E-state index contributed by atoms with van der Waals surface area (Å²) >= 11 is 0. The molecule has 0 spiro atoms. The van der Waals surface area contributed by atoms with Gasteiger partial charge in [-0.2, -0.15) is 0 Å². The van der Waals surface area contributed by atoms with Crippen molar-refractivity contribution in [3.05, 3.63) is 47.4 Å². The second-order valence-corrected chi connectivity index (χ2v) is 8.74. The van der Waals surface area contributed by atoms with Crippen molar-refractivity contribution in [1.29, 1.82) is 0 Å². The first kappa shape index (κ1) is 23.6. The van der Waals surface area contributed by atoms with Gasteiger partial charge in [0.15, 0.2) is 0 Å². The molecule has 1 aromatic carbocycles. The van der Waals surface area contributed by atoms with Crippen LogP contribution in [0.2, 0.25) is 0 Å². The Labute approximate surface area is 184 Å². The number of ether oxygens (including phenoxy) is 2. The maximum Gasteiger partial charge on any atom is 1.00 e. The van der Waals surface area contributed by atoms with Gasteiger partial charge in [-0.1, -0.05) is 30.3 Å². The van der Waals surface area contributed by atoms with E-state index in [4.69, 9.17) is 14.3 Å². The molecule has 8 heteroatoms. The zero-order chi connectivity index (χ0) is 20.7. The van der Waals surface area contributed by atoms with E-state index < -0.39 is 29.5 Å². The van der Waals surface area contributed by atoms with Crippen LogP contribution < -0.4 is 24.0 Å². The van der Waals surface area contributed by atoms with Crippen LogP contribution in [0.1, 0.15) is 47.1 Å². The van der Waals surface area contributed by atoms with Crippen LogP contribution in [0.25, 0.3) is 0 Å². The number of amides is 1. The molecule has 0 saturated carbocycles. The van der Waals surface area contributed by atoms with E-state index in [-0.39, 0.29) is 31.4 Å². The molecule has 7 nitrogen and oxygen atoms in total. The monoisotopic (exact) mass is 396 g/mol. The molecule has 0 aromatic heterocycles. The molecular weight excluding hydrogens is 367 g/mol. The van der Waals surface area contributed by atoms with Gasteiger partial charge in [0, 0.05) is 6.54 Å². The molecule has 0 N–H and O–H groups in total. The molecule has 2 aliphatic rings. The van der Waals surface area contributed by atoms with Crippen LogP contribution in [0.15, 0.2) is 41.9 Å². The van der Waals surface area contributed by atoms with Gasteiger partial charge in [-0.05, 0) is 52.7 Å². The van der Waals surface area contributed by atoms with Crippen LogP contribution in [-0.2, 0) is 20.9 Å². The van der Waals surface area contributed by atoms with Crippen molar-refractivity contribution in [2.75, 3.05) is 6.61 Å². The smallest absolute Gasteiger partial charge is 0.545 e. The number of carbonyl (C=O) groups excluding carboxylic acids is 1. The number of hydrogen-bond donors (Lipinski definition) is 0. The third-order valence-electron chi connectivity index (χ3n) is 4.93. The summed E-state index contributed by atoms with van der Waals surface area (Å²) in [7, 11) is 0. The van der Waals surface area contributed by atoms with Crippen molar-refractivity contribution in [3.8, 4) is 0 Å². The molecule has 2 heterocycles. The van der Waals surface area contributed by atoms with E-state index >= 15 is 0 Å². The molecule has 1 amide bonds. The SMILES string of the molecule is CC1=C([O-])ON(Cc2ccccc2)C1[C@@H]1COC(C)(C)N1C(=O)OC(C)(C)C.[Li+]. The standard InChI is InChI=1S/C21H30N2O5.Li/c1-14-17(22(28-18(14)24)12-15-10-8-7-9-11-15)16-13-26-21(5,6)23(16)19(25)27-20(2,3)4;/h7-11,16-17,24H,12-13H2,1-6H3;/q;+1/p-1/t16-,17?;/m0./s1. The first-order valence-electron chi connectivity index (χ1n) is 9.52. The molecule has 154 valence electrons. The second kappa shape index (κ2) is 8.61. The summed E-state index contributed by atoms with van der Waals surface area (Å²) in [6.45, 7) is 11.6. The minimum absolute atomic E-state index is 0. The van der Waals surface area contributed by atoms with Crippen LogP contribution in [0, 0.1) is 0 Å². The largest absolute Gasteiger partial charge is 1.00 e. The third-order valence-corrected chi connectivity index (χ3v) is 4.93. The fraction of sp³-hybridized carbons (Fsp3) is 0.571. The second-order valence-electron chi connectivity index (χ2n) is 8.74. The van der Waals surface area contributed by atoms with Crippen molar-refractivity contribution < 1.29 is 43.1 Å². The summed E-state index contributed by atoms with van der Waals surface area (Å²) in [6.07, 6.45) is -0.466. The molecule has 1 saturated heterocycles. The van der Waals surface area contributed by atoms with Crippen LogP contribution in [0.5, 0.6) is 0 Å². The summed E-state index contributed by atoms with van der Waals surface area (Å²) in [5.41, 5.74) is 0.0788. The van der Waals surface area contributed by atoms with E-state index in [9.17, 15) is 9.90 Å². The maximum absolute atomic E-state index is 13.0. The van der Waals surface area contributed by atoms with E-state index in [1.165, 1.54) is 0 Å². The molecule has 29 heavy (non-hydrogen) atoms. The Kier molecular flexibility index (Phi) is 7.01. The van der Waals surface area contributed by atoms with Crippen molar-refractivity contribution in [3.63, 3.8) is 0 Å². The number of carbonyl (C=O) groups is 1. The molecule has 1 fully saturated rings. The summed E-state index contributed by atoms with van der Waals surface area (Å²) in [5.74, 6) is -0.380. The topological polar surface area (TPSA) is 74.3 Å². The van der Waals surface area contributed by atoms with Gasteiger partial charge >= 0.3 is 25.0 Å². The van der Waals surface area contributed by atoms with Gasteiger partial charge in [0.25, 0.3) is 0 Å². The molecule has 1 unspecified atom stereocenters. The summed E-state index contributed by atoms with van der Waals surface area (Å²) in [4.78, 5) is 20.1. The van der Waals surface area contributed by atoms with Crippen LogP contribution in [0.4, 0.5) is 4.79 Å². The van der Waals surface area contributed by atoms with Gasteiger partial charge in [0.1, 0.15) is 11.3 Å². The van der Waals surface area contributed by atoms with Gasteiger partial charge in [0.05, 0.1) is 24.6 Å². The predicted octanol–water partition coefficient (Wildman–Crippen LogP) is -0.230. The van der Waals surface area contributed by atoms with E-state index in [0.29, 0.717) is 12.1 Å². The predicted molar refractivity (Wildman–Crippen MR) is 101 cm³/mol. The Bertz CT molecular complexity index is 760. The Hall–Kier alpha value is -1.65. The van der Waals surface area contributed by atoms with E-state index in [0.717, 1.165) is 5.56 Å². The number of hydroxylamine groups is 2. The molecule has 1 aromatic rings. The van der Waals surface area contributed by atoms with Crippen molar-refractivity contribution >= 4 is 6.09 Å².